The van der Waals surface area contributed by atoms with Crippen LogP contribution in [0.4, 0.5) is 5.69 Å². The molecule has 1 aromatic heterocycles. The number of benzene rings is 2. The number of rotatable bonds is 4. The van der Waals surface area contributed by atoms with E-state index < -0.39 is 27.8 Å². The van der Waals surface area contributed by atoms with Gasteiger partial charge in [0, 0.05) is 23.0 Å². The van der Waals surface area contributed by atoms with Crippen molar-refractivity contribution in [2.45, 2.75) is 6.92 Å². The lowest BCUT2D eigenvalue weighted by Crippen LogP contribution is -2.32. The summed E-state index contributed by atoms with van der Waals surface area (Å²) in [6, 6.07) is 8.94. The molecule has 0 atom stereocenters. The monoisotopic (exact) mass is 446 g/mol. The number of carbonyl (C=O) groups is 1. The molecular formula is C17H11BrN4O6. The smallest absolute Gasteiger partial charge is 0.349 e. The number of ether oxygens (including phenoxy) is 1. The highest BCUT2D eigenvalue weighted by molar-refractivity contribution is 9.10. The third-order valence-electron chi connectivity index (χ3n) is 3.60. The number of nitro groups is 1. The van der Waals surface area contributed by atoms with Gasteiger partial charge in [0.25, 0.3) is 5.56 Å². The molecule has 0 unspecified atom stereocenters. The number of para-hydroxylation sites is 1. The topological polar surface area (TPSA) is 137 Å². The van der Waals surface area contributed by atoms with Crippen molar-refractivity contribution in [2.24, 2.45) is 5.10 Å². The number of aromatic nitrogens is 2. The highest BCUT2D eigenvalue weighted by atomic mass is 79.9. The largest absolute Gasteiger partial charge is 0.419 e. The third-order valence-corrected chi connectivity index (χ3v) is 4.06. The first-order valence-corrected chi connectivity index (χ1v) is 8.52. The number of H-pyrrole nitrogens is 1. The van der Waals surface area contributed by atoms with E-state index in [1.165, 1.54) is 12.1 Å². The van der Waals surface area contributed by atoms with Gasteiger partial charge in [0.1, 0.15) is 0 Å². The molecule has 3 rings (SSSR count). The Morgan fingerprint density at radius 1 is 1.32 bits per heavy atom. The predicted molar refractivity (Wildman–Crippen MR) is 104 cm³/mol. The van der Waals surface area contributed by atoms with Crippen LogP contribution in [0.1, 0.15) is 12.5 Å². The number of aromatic amines is 1. The highest BCUT2D eigenvalue weighted by Gasteiger charge is 2.22. The van der Waals surface area contributed by atoms with Gasteiger partial charge in [-0.1, -0.05) is 28.1 Å². The number of esters is 1. The summed E-state index contributed by atoms with van der Waals surface area (Å²) in [5, 5.41) is 15.3. The fourth-order valence-corrected chi connectivity index (χ4v) is 2.93. The van der Waals surface area contributed by atoms with Crippen molar-refractivity contribution in [3.8, 4) is 5.75 Å². The standard InChI is InChI=1S/C17H11BrN4O6/c1-9(23)28-15-10(6-11(18)7-14(15)22(26)27)8-19-21-16(24)12-4-2-3-5-13(12)20-17(21)25/h2-8H,1H3,(H,20,25). The number of halogens is 1. The van der Waals surface area contributed by atoms with Gasteiger partial charge >= 0.3 is 17.3 Å². The van der Waals surface area contributed by atoms with Crippen molar-refractivity contribution < 1.29 is 14.5 Å². The molecule has 1 N–H and O–H groups in total. The van der Waals surface area contributed by atoms with E-state index in [9.17, 15) is 24.5 Å². The summed E-state index contributed by atoms with van der Waals surface area (Å²) in [4.78, 5) is 49.1. The van der Waals surface area contributed by atoms with E-state index in [1.807, 2.05) is 0 Å². The second-order valence-electron chi connectivity index (χ2n) is 5.53. The Bertz CT molecular complexity index is 1260. The van der Waals surface area contributed by atoms with Gasteiger partial charge in [-0.25, -0.2) is 4.79 Å². The average Bonchev–Trinajstić information content (AvgIpc) is 2.62. The van der Waals surface area contributed by atoms with E-state index in [0.717, 1.165) is 19.2 Å². The lowest BCUT2D eigenvalue weighted by atomic mass is 10.2. The molecule has 0 aliphatic carbocycles. The van der Waals surface area contributed by atoms with Crippen LogP contribution in [0.15, 0.2) is 55.6 Å². The summed E-state index contributed by atoms with van der Waals surface area (Å²) in [5.41, 5.74) is -1.57. The molecule has 11 heteroatoms. The molecule has 28 heavy (non-hydrogen) atoms. The predicted octanol–water partition coefficient (Wildman–Crippen LogP) is 2.17. The molecule has 0 aliphatic heterocycles. The van der Waals surface area contributed by atoms with Crippen LogP contribution in [0.2, 0.25) is 0 Å². The maximum atomic E-state index is 12.5. The van der Waals surface area contributed by atoms with E-state index >= 15 is 0 Å². The minimum absolute atomic E-state index is 0.0238. The SMILES string of the molecule is CC(=O)Oc1c(C=Nn2c(=O)[nH]c3ccccc3c2=O)cc(Br)cc1[N+](=O)[O-]. The van der Waals surface area contributed by atoms with Gasteiger partial charge in [-0.3, -0.25) is 19.7 Å². The number of nitrogens with one attached hydrogen (secondary N) is 1. The number of nitro benzene ring substituents is 1. The fraction of sp³-hybridized carbons (Fsp3) is 0.0588. The average molecular weight is 447 g/mol. The van der Waals surface area contributed by atoms with Crippen molar-refractivity contribution in [1.82, 2.24) is 9.66 Å². The van der Waals surface area contributed by atoms with Gasteiger partial charge in [-0.2, -0.15) is 5.10 Å². The van der Waals surface area contributed by atoms with Crippen molar-refractivity contribution >= 4 is 44.7 Å². The molecule has 2 aromatic carbocycles. The third kappa shape index (κ3) is 3.74. The van der Waals surface area contributed by atoms with Crippen LogP contribution >= 0.6 is 15.9 Å². The lowest BCUT2D eigenvalue weighted by Gasteiger charge is -2.07. The van der Waals surface area contributed by atoms with Crippen LogP contribution in [-0.2, 0) is 4.79 Å². The molecular weight excluding hydrogens is 436 g/mol. The fourth-order valence-electron chi connectivity index (χ4n) is 2.46. The number of fused-ring (bicyclic) bond motifs is 1. The van der Waals surface area contributed by atoms with E-state index in [4.69, 9.17) is 4.74 Å². The first-order chi connectivity index (χ1) is 13.3. The van der Waals surface area contributed by atoms with Crippen molar-refractivity contribution in [1.29, 1.82) is 0 Å². The van der Waals surface area contributed by atoms with Crippen LogP contribution in [-0.4, -0.2) is 26.8 Å². The maximum absolute atomic E-state index is 12.5. The van der Waals surface area contributed by atoms with Crippen LogP contribution in [0, 0.1) is 10.1 Å². The Hall–Kier alpha value is -3.60. The highest BCUT2D eigenvalue weighted by Crippen LogP contribution is 2.34. The Morgan fingerprint density at radius 2 is 2.04 bits per heavy atom. The molecule has 0 radical (unpaired) electrons. The Morgan fingerprint density at radius 3 is 2.71 bits per heavy atom. The van der Waals surface area contributed by atoms with Crippen molar-refractivity contribution in [3.05, 3.63) is 77.4 Å². The quantitative estimate of drug-likeness (QED) is 0.214. The zero-order valence-corrected chi connectivity index (χ0v) is 15.8. The molecule has 0 aliphatic rings. The molecule has 0 fully saturated rings. The minimum atomic E-state index is -0.793. The molecule has 0 saturated carbocycles. The molecule has 0 spiro atoms. The Labute approximate surface area is 164 Å². The van der Waals surface area contributed by atoms with Crippen LogP contribution in [0.3, 0.4) is 0 Å². The summed E-state index contributed by atoms with van der Waals surface area (Å²) in [7, 11) is 0. The second kappa shape index (κ2) is 7.56. The van der Waals surface area contributed by atoms with E-state index in [0.29, 0.717) is 14.7 Å². The first kappa shape index (κ1) is 19.2. The molecule has 0 bridgehead atoms. The zero-order chi connectivity index (χ0) is 20.4. The first-order valence-electron chi connectivity index (χ1n) is 7.72. The second-order valence-corrected chi connectivity index (χ2v) is 6.45. The lowest BCUT2D eigenvalue weighted by molar-refractivity contribution is -0.385. The number of carbonyl (C=O) groups excluding carboxylic acids is 1. The summed E-state index contributed by atoms with van der Waals surface area (Å²) < 4.78 is 5.84. The molecule has 1 heterocycles. The molecule has 3 aromatic rings. The van der Waals surface area contributed by atoms with Gasteiger partial charge in [0.05, 0.1) is 22.0 Å². The molecule has 142 valence electrons. The van der Waals surface area contributed by atoms with Crippen LogP contribution in [0.25, 0.3) is 10.9 Å². The summed E-state index contributed by atoms with van der Waals surface area (Å²) >= 11 is 3.13. The minimum Gasteiger partial charge on any atom is -0.419 e. The normalized spacial score (nSPS) is 11.1. The van der Waals surface area contributed by atoms with E-state index in [2.05, 4.69) is 26.0 Å². The van der Waals surface area contributed by atoms with Gasteiger partial charge in [0.2, 0.25) is 5.75 Å². The van der Waals surface area contributed by atoms with E-state index in [1.54, 1.807) is 18.2 Å². The van der Waals surface area contributed by atoms with Crippen molar-refractivity contribution in [3.63, 3.8) is 0 Å². The summed E-state index contributed by atoms with van der Waals surface area (Å²) in [6.45, 7) is 1.09. The van der Waals surface area contributed by atoms with Gasteiger partial charge < -0.3 is 9.72 Å². The Kier molecular flexibility index (Phi) is 5.18. The molecule has 10 nitrogen and oxygen atoms in total. The number of hydrogen-bond donors (Lipinski definition) is 1. The zero-order valence-electron chi connectivity index (χ0n) is 14.2. The van der Waals surface area contributed by atoms with Gasteiger partial charge in [0.15, 0.2) is 0 Å². The maximum Gasteiger partial charge on any atom is 0.349 e. The summed E-state index contributed by atoms with van der Waals surface area (Å²) in [6.07, 6.45) is 1.03. The molecule has 0 saturated heterocycles. The van der Waals surface area contributed by atoms with Gasteiger partial charge in [-0.05, 0) is 18.2 Å². The molecule has 0 amide bonds. The number of hydrogen-bond acceptors (Lipinski definition) is 7. The summed E-state index contributed by atoms with van der Waals surface area (Å²) in [5.74, 6) is -1.13. The number of nitrogens with zero attached hydrogens (tertiary/aromatic N) is 3. The Balaban J connectivity index is 2.19. The van der Waals surface area contributed by atoms with Gasteiger partial charge in [-0.15, -0.1) is 4.68 Å². The van der Waals surface area contributed by atoms with Crippen LogP contribution in [0.5, 0.6) is 5.75 Å². The van der Waals surface area contributed by atoms with E-state index in [-0.39, 0.29) is 16.7 Å². The van der Waals surface area contributed by atoms with Crippen molar-refractivity contribution in [2.75, 3.05) is 0 Å². The van der Waals surface area contributed by atoms with Crippen LogP contribution < -0.4 is 16.0 Å².